The molecule has 0 radical (unpaired) electrons. The molecule has 0 amide bonds. The molecule has 1 heterocycles. The van der Waals surface area contributed by atoms with Crippen molar-refractivity contribution in [2.24, 2.45) is 0 Å². The third-order valence-corrected chi connectivity index (χ3v) is 5.66. The van der Waals surface area contributed by atoms with Crippen LogP contribution in [0.2, 0.25) is 0 Å². The lowest BCUT2D eigenvalue weighted by molar-refractivity contribution is 0.174. The summed E-state index contributed by atoms with van der Waals surface area (Å²) >= 11 is 3.29. The second-order valence-electron chi connectivity index (χ2n) is 4.95. The van der Waals surface area contributed by atoms with Crippen LogP contribution in [0.3, 0.4) is 0 Å². The Bertz CT molecular complexity index is 820. The van der Waals surface area contributed by atoms with Crippen LogP contribution in [0.25, 0.3) is 0 Å². The van der Waals surface area contributed by atoms with Gasteiger partial charge in [-0.15, -0.1) is 0 Å². The molecule has 0 aliphatic carbocycles. The molecule has 116 valence electrons. The van der Waals surface area contributed by atoms with E-state index in [-0.39, 0.29) is 18.2 Å². The fraction of sp³-hybridized carbons (Fsp3) is 0.200. The Morgan fingerprint density at radius 1 is 1.14 bits per heavy atom. The summed E-state index contributed by atoms with van der Waals surface area (Å²) in [6.45, 7) is 2.28. The van der Waals surface area contributed by atoms with Crippen molar-refractivity contribution < 1.29 is 17.9 Å². The number of hydrogen-bond donors (Lipinski definition) is 1. The van der Waals surface area contributed by atoms with Gasteiger partial charge in [0.2, 0.25) is 16.8 Å². The summed E-state index contributed by atoms with van der Waals surface area (Å²) in [7, 11) is -3.59. The molecule has 1 N–H and O–H groups in total. The fourth-order valence-electron chi connectivity index (χ4n) is 2.13. The molecule has 0 bridgehead atoms. The standard InChI is InChI=1S/C15H14BrNO4S/c1-10-2-5-15(12(16)6-10)22(18,19)17-8-11-3-4-13-14(7-11)21-9-20-13/h2-7,17H,8-9H2,1H3. The van der Waals surface area contributed by atoms with Crippen LogP contribution in [0.1, 0.15) is 11.1 Å². The van der Waals surface area contributed by atoms with Crippen molar-refractivity contribution in [3.8, 4) is 11.5 Å². The van der Waals surface area contributed by atoms with Crippen molar-refractivity contribution in [3.63, 3.8) is 0 Å². The van der Waals surface area contributed by atoms with Gasteiger partial charge in [-0.1, -0.05) is 12.1 Å². The number of ether oxygens (including phenoxy) is 2. The molecule has 22 heavy (non-hydrogen) atoms. The number of aryl methyl sites for hydroxylation is 1. The molecule has 0 saturated heterocycles. The number of sulfonamides is 1. The number of fused-ring (bicyclic) bond motifs is 1. The van der Waals surface area contributed by atoms with Crippen molar-refractivity contribution in [3.05, 3.63) is 52.0 Å². The first-order valence-electron chi connectivity index (χ1n) is 6.60. The molecule has 2 aromatic carbocycles. The van der Waals surface area contributed by atoms with Gasteiger partial charge in [-0.05, 0) is 58.2 Å². The number of rotatable bonds is 4. The van der Waals surface area contributed by atoms with Crippen molar-refractivity contribution >= 4 is 26.0 Å². The van der Waals surface area contributed by atoms with E-state index < -0.39 is 10.0 Å². The molecule has 2 aromatic rings. The lowest BCUT2D eigenvalue weighted by Crippen LogP contribution is -2.23. The van der Waals surface area contributed by atoms with Crippen LogP contribution in [-0.2, 0) is 16.6 Å². The molecule has 7 heteroatoms. The van der Waals surface area contributed by atoms with Gasteiger partial charge in [-0.3, -0.25) is 0 Å². The Morgan fingerprint density at radius 2 is 1.91 bits per heavy atom. The van der Waals surface area contributed by atoms with E-state index in [4.69, 9.17) is 9.47 Å². The van der Waals surface area contributed by atoms with Gasteiger partial charge in [0, 0.05) is 11.0 Å². The lowest BCUT2D eigenvalue weighted by atomic mass is 10.2. The summed E-state index contributed by atoms with van der Waals surface area (Å²) in [5.74, 6) is 1.31. The predicted molar refractivity (Wildman–Crippen MR) is 85.5 cm³/mol. The van der Waals surface area contributed by atoms with Crippen LogP contribution in [0.5, 0.6) is 11.5 Å². The zero-order valence-electron chi connectivity index (χ0n) is 11.8. The van der Waals surface area contributed by atoms with E-state index in [1.165, 1.54) is 0 Å². The quantitative estimate of drug-likeness (QED) is 0.881. The third-order valence-electron chi connectivity index (χ3n) is 3.28. The van der Waals surface area contributed by atoms with Crippen LogP contribution in [0.4, 0.5) is 0 Å². The fourth-order valence-corrected chi connectivity index (χ4v) is 4.34. The molecule has 0 spiro atoms. The first kappa shape index (κ1) is 15.3. The molecule has 0 fully saturated rings. The van der Waals surface area contributed by atoms with Gasteiger partial charge in [-0.2, -0.15) is 0 Å². The molecule has 3 rings (SSSR count). The highest BCUT2D eigenvalue weighted by molar-refractivity contribution is 9.10. The first-order valence-corrected chi connectivity index (χ1v) is 8.88. The molecule has 0 atom stereocenters. The Balaban J connectivity index is 1.77. The summed E-state index contributed by atoms with van der Waals surface area (Å²) in [5, 5.41) is 0. The maximum atomic E-state index is 12.4. The summed E-state index contributed by atoms with van der Waals surface area (Å²) in [6, 6.07) is 10.5. The smallest absolute Gasteiger partial charge is 0.241 e. The van der Waals surface area contributed by atoms with Crippen molar-refractivity contribution in [2.75, 3.05) is 6.79 Å². The highest BCUT2D eigenvalue weighted by atomic mass is 79.9. The summed E-state index contributed by atoms with van der Waals surface area (Å²) in [4.78, 5) is 0.221. The highest BCUT2D eigenvalue weighted by Gasteiger charge is 2.18. The van der Waals surface area contributed by atoms with Crippen molar-refractivity contribution in [1.82, 2.24) is 4.72 Å². The van der Waals surface area contributed by atoms with Crippen molar-refractivity contribution in [2.45, 2.75) is 18.4 Å². The predicted octanol–water partition coefficient (Wildman–Crippen LogP) is 2.96. The van der Waals surface area contributed by atoms with E-state index >= 15 is 0 Å². The molecule has 0 aromatic heterocycles. The molecular formula is C15H14BrNO4S. The zero-order valence-corrected chi connectivity index (χ0v) is 14.2. The average Bonchev–Trinajstić information content (AvgIpc) is 2.92. The van der Waals surface area contributed by atoms with E-state index in [2.05, 4.69) is 20.7 Å². The van der Waals surface area contributed by atoms with E-state index in [0.29, 0.717) is 16.0 Å². The molecule has 0 saturated carbocycles. The van der Waals surface area contributed by atoms with E-state index in [1.807, 2.05) is 6.92 Å². The monoisotopic (exact) mass is 383 g/mol. The van der Waals surface area contributed by atoms with Gasteiger partial charge >= 0.3 is 0 Å². The Kier molecular flexibility index (Phi) is 4.12. The Labute approximate surface area is 137 Å². The highest BCUT2D eigenvalue weighted by Crippen LogP contribution is 2.32. The van der Waals surface area contributed by atoms with Crippen LogP contribution >= 0.6 is 15.9 Å². The molecular weight excluding hydrogens is 370 g/mol. The van der Waals surface area contributed by atoms with Gasteiger partial charge in [-0.25, -0.2) is 13.1 Å². The van der Waals surface area contributed by atoms with Gasteiger partial charge in [0.05, 0.1) is 4.90 Å². The number of halogens is 1. The number of nitrogens with one attached hydrogen (secondary N) is 1. The average molecular weight is 384 g/mol. The van der Waals surface area contributed by atoms with E-state index in [0.717, 1.165) is 11.1 Å². The normalized spacial score (nSPS) is 13.4. The molecule has 0 unspecified atom stereocenters. The second kappa shape index (κ2) is 5.91. The number of benzene rings is 2. The largest absolute Gasteiger partial charge is 0.454 e. The summed E-state index contributed by atoms with van der Waals surface area (Å²) in [6.07, 6.45) is 0. The number of hydrogen-bond acceptors (Lipinski definition) is 4. The maximum Gasteiger partial charge on any atom is 0.241 e. The minimum absolute atomic E-state index is 0.180. The zero-order chi connectivity index (χ0) is 15.7. The Hall–Kier alpha value is -1.57. The minimum atomic E-state index is -3.59. The van der Waals surface area contributed by atoms with Gasteiger partial charge in [0.25, 0.3) is 0 Å². The van der Waals surface area contributed by atoms with Gasteiger partial charge < -0.3 is 9.47 Å². The first-order chi connectivity index (χ1) is 10.5. The topological polar surface area (TPSA) is 64.6 Å². The molecule has 1 aliphatic heterocycles. The van der Waals surface area contributed by atoms with Gasteiger partial charge in [0.1, 0.15) is 0 Å². The maximum absolute atomic E-state index is 12.4. The molecule has 5 nitrogen and oxygen atoms in total. The van der Waals surface area contributed by atoms with Crippen molar-refractivity contribution in [1.29, 1.82) is 0 Å². The van der Waals surface area contributed by atoms with Crippen LogP contribution in [-0.4, -0.2) is 15.2 Å². The van der Waals surface area contributed by atoms with Gasteiger partial charge in [0.15, 0.2) is 11.5 Å². The minimum Gasteiger partial charge on any atom is -0.454 e. The molecule has 1 aliphatic rings. The summed E-state index contributed by atoms with van der Waals surface area (Å²) in [5.41, 5.74) is 1.79. The lowest BCUT2D eigenvalue weighted by Gasteiger charge is -2.09. The van der Waals surface area contributed by atoms with Crippen LogP contribution in [0.15, 0.2) is 45.8 Å². The van der Waals surface area contributed by atoms with E-state index in [9.17, 15) is 8.42 Å². The van der Waals surface area contributed by atoms with Crippen LogP contribution < -0.4 is 14.2 Å². The van der Waals surface area contributed by atoms with Crippen LogP contribution in [0, 0.1) is 6.92 Å². The second-order valence-corrected chi connectivity index (χ2v) is 7.54. The van der Waals surface area contributed by atoms with E-state index in [1.54, 1.807) is 36.4 Å². The summed E-state index contributed by atoms with van der Waals surface area (Å²) < 4.78 is 38.4. The SMILES string of the molecule is Cc1ccc(S(=O)(=O)NCc2ccc3c(c2)OCO3)c(Br)c1. The third kappa shape index (κ3) is 3.11. The Morgan fingerprint density at radius 3 is 2.68 bits per heavy atom.